The van der Waals surface area contributed by atoms with Crippen LogP contribution >= 0.6 is 0 Å². The molecule has 1 unspecified atom stereocenters. The van der Waals surface area contributed by atoms with Crippen molar-refractivity contribution in [2.24, 2.45) is 11.7 Å². The van der Waals surface area contributed by atoms with E-state index in [1.54, 1.807) is 0 Å². The lowest BCUT2D eigenvalue weighted by molar-refractivity contribution is 0.165. The topological polar surface area (TPSA) is 52.7 Å². The summed E-state index contributed by atoms with van der Waals surface area (Å²) in [5.74, 6) is 0.689. The van der Waals surface area contributed by atoms with Gasteiger partial charge in [0, 0.05) is 25.2 Å². The Morgan fingerprint density at radius 3 is 2.21 bits per heavy atom. The number of nitrogens with zero attached hydrogens (tertiary/aromatic N) is 2. The average molecular weight is 273 g/mol. The van der Waals surface area contributed by atoms with Crippen molar-refractivity contribution in [2.75, 3.05) is 46.9 Å². The molecule has 0 saturated carbocycles. The molecule has 4 nitrogen and oxygen atoms in total. The Labute approximate surface area is 120 Å². The summed E-state index contributed by atoms with van der Waals surface area (Å²) in [6, 6.07) is 0. The lowest BCUT2D eigenvalue weighted by Gasteiger charge is -2.29. The molecule has 0 fully saturated rings. The van der Waals surface area contributed by atoms with Gasteiger partial charge in [0.25, 0.3) is 0 Å². The van der Waals surface area contributed by atoms with Crippen LogP contribution in [0.5, 0.6) is 0 Å². The van der Waals surface area contributed by atoms with Crippen molar-refractivity contribution in [3.63, 3.8) is 0 Å². The Balaban J connectivity index is 4.10. The van der Waals surface area contributed by atoms with Gasteiger partial charge < -0.3 is 20.6 Å². The molecule has 0 aromatic carbocycles. The average Bonchev–Trinajstić information content (AvgIpc) is 2.34. The minimum absolute atomic E-state index is 0.0887. The van der Waals surface area contributed by atoms with Gasteiger partial charge in [0.1, 0.15) is 0 Å². The Morgan fingerprint density at radius 1 is 1.16 bits per heavy atom. The maximum Gasteiger partial charge on any atom is 0.0611 e. The van der Waals surface area contributed by atoms with Gasteiger partial charge in [0.2, 0.25) is 0 Å². The second kappa shape index (κ2) is 9.70. The van der Waals surface area contributed by atoms with E-state index < -0.39 is 0 Å². The fraction of sp³-hybridized carbons (Fsp3) is 1.00. The van der Waals surface area contributed by atoms with Crippen molar-refractivity contribution in [3.8, 4) is 0 Å². The predicted molar refractivity (Wildman–Crippen MR) is 83.4 cm³/mol. The molecular weight excluding hydrogens is 238 g/mol. The van der Waals surface area contributed by atoms with E-state index in [1.807, 2.05) is 6.92 Å². The zero-order valence-electron chi connectivity index (χ0n) is 13.7. The summed E-state index contributed by atoms with van der Waals surface area (Å²) in [6.45, 7) is 11.1. The van der Waals surface area contributed by atoms with Gasteiger partial charge in [0.05, 0.1) is 6.61 Å². The van der Waals surface area contributed by atoms with Gasteiger partial charge in [-0.15, -0.1) is 0 Å². The van der Waals surface area contributed by atoms with Crippen LogP contribution in [0.3, 0.4) is 0 Å². The standard InChI is InChI=1S/C15H35N3O/c1-6-15(16,13-19)8-7-9-18(12-14(2)3)11-10-17(4)5/h14,19H,6-13,16H2,1-5H3. The van der Waals surface area contributed by atoms with Gasteiger partial charge in [0.15, 0.2) is 0 Å². The van der Waals surface area contributed by atoms with Crippen LogP contribution in [0.4, 0.5) is 0 Å². The maximum absolute atomic E-state index is 9.33. The van der Waals surface area contributed by atoms with E-state index in [0.717, 1.165) is 45.4 Å². The highest BCUT2D eigenvalue weighted by Crippen LogP contribution is 2.14. The van der Waals surface area contributed by atoms with Crippen molar-refractivity contribution in [1.82, 2.24) is 9.80 Å². The second-order valence-electron chi connectivity index (χ2n) is 6.48. The molecule has 0 aliphatic rings. The van der Waals surface area contributed by atoms with E-state index >= 15 is 0 Å². The molecule has 0 aromatic heterocycles. The van der Waals surface area contributed by atoms with E-state index in [4.69, 9.17) is 5.73 Å². The highest BCUT2D eigenvalue weighted by molar-refractivity contribution is 4.81. The first-order valence-corrected chi connectivity index (χ1v) is 7.59. The summed E-state index contributed by atoms with van der Waals surface area (Å²) < 4.78 is 0. The van der Waals surface area contributed by atoms with Gasteiger partial charge >= 0.3 is 0 Å². The number of likely N-dealkylation sites (N-methyl/N-ethyl adjacent to an activating group) is 1. The largest absolute Gasteiger partial charge is 0.394 e. The first-order chi connectivity index (χ1) is 8.83. The molecule has 1 atom stereocenters. The molecule has 116 valence electrons. The Hall–Kier alpha value is -0.160. The van der Waals surface area contributed by atoms with Gasteiger partial charge in [-0.05, 0) is 45.8 Å². The summed E-state index contributed by atoms with van der Waals surface area (Å²) in [6.07, 6.45) is 2.80. The Bertz CT molecular complexity index is 215. The number of rotatable bonds is 11. The number of aliphatic hydroxyl groups is 1. The first kappa shape index (κ1) is 18.8. The summed E-state index contributed by atoms with van der Waals surface area (Å²) in [5.41, 5.74) is 5.75. The monoisotopic (exact) mass is 273 g/mol. The third-order valence-electron chi connectivity index (χ3n) is 3.65. The third kappa shape index (κ3) is 9.38. The van der Waals surface area contributed by atoms with E-state index in [0.29, 0.717) is 5.92 Å². The molecule has 0 aliphatic heterocycles. The van der Waals surface area contributed by atoms with Gasteiger partial charge in [-0.3, -0.25) is 0 Å². The van der Waals surface area contributed by atoms with Gasteiger partial charge in [-0.25, -0.2) is 0 Å². The fourth-order valence-corrected chi connectivity index (χ4v) is 2.17. The molecule has 4 heteroatoms. The van der Waals surface area contributed by atoms with Crippen molar-refractivity contribution >= 4 is 0 Å². The molecule has 0 amide bonds. The minimum Gasteiger partial charge on any atom is -0.394 e. The molecular formula is C15H35N3O. The molecule has 0 rings (SSSR count). The molecule has 19 heavy (non-hydrogen) atoms. The van der Waals surface area contributed by atoms with Crippen LogP contribution in [0.25, 0.3) is 0 Å². The number of aliphatic hydroxyl groups excluding tert-OH is 1. The molecule has 3 N–H and O–H groups in total. The third-order valence-corrected chi connectivity index (χ3v) is 3.65. The van der Waals surface area contributed by atoms with Crippen molar-refractivity contribution in [3.05, 3.63) is 0 Å². The highest BCUT2D eigenvalue weighted by Gasteiger charge is 2.21. The quantitative estimate of drug-likeness (QED) is 0.597. The van der Waals surface area contributed by atoms with Gasteiger partial charge in [-0.1, -0.05) is 20.8 Å². The van der Waals surface area contributed by atoms with Crippen LogP contribution in [-0.4, -0.2) is 67.3 Å². The Kier molecular flexibility index (Phi) is 9.62. The number of nitrogens with two attached hydrogens (primary N) is 1. The highest BCUT2D eigenvalue weighted by atomic mass is 16.3. The number of hydrogen-bond acceptors (Lipinski definition) is 4. The van der Waals surface area contributed by atoms with Crippen LogP contribution in [0, 0.1) is 5.92 Å². The van der Waals surface area contributed by atoms with Gasteiger partial charge in [-0.2, -0.15) is 0 Å². The Morgan fingerprint density at radius 2 is 1.79 bits per heavy atom. The molecule has 0 heterocycles. The predicted octanol–water partition coefficient (Wildman–Crippen LogP) is 1.39. The zero-order chi connectivity index (χ0) is 14.9. The maximum atomic E-state index is 9.33. The SMILES string of the molecule is CCC(N)(CO)CCCN(CCN(C)C)CC(C)C. The lowest BCUT2D eigenvalue weighted by Crippen LogP contribution is -2.44. The molecule has 0 aromatic rings. The second-order valence-corrected chi connectivity index (χ2v) is 6.48. The number of hydrogen-bond donors (Lipinski definition) is 2. The van der Waals surface area contributed by atoms with E-state index in [-0.39, 0.29) is 12.1 Å². The van der Waals surface area contributed by atoms with Crippen molar-refractivity contribution in [2.45, 2.75) is 45.6 Å². The molecule has 0 bridgehead atoms. The molecule has 0 aliphatic carbocycles. The summed E-state index contributed by atoms with van der Waals surface area (Å²) in [4.78, 5) is 4.73. The van der Waals surface area contributed by atoms with Crippen molar-refractivity contribution < 1.29 is 5.11 Å². The smallest absolute Gasteiger partial charge is 0.0611 e. The first-order valence-electron chi connectivity index (χ1n) is 7.59. The molecule has 0 spiro atoms. The molecule has 0 radical (unpaired) electrons. The van der Waals surface area contributed by atoms with E-state index in [1.165, 1.54) is 0 Å². The van der Waals surface area contributed by atoms with Crippen LogP contribution in [0.1, 0.15) is 40.0 Å². The fourth-order valence-electron chi connectivity index (χ4n) is 2.17. The zero-order valence-corrected chi connectivity index (χ0v) is 13.7. The van der Waals surface area contributed by atoms with Crippen LogP contribution < -0.4 is 5.73 Å². The van der Waals surface area contributed by atoms with Crippen LogP contribution in [0.2, 0.25) is 0 Å². The normalized spacial score (nSPS) is 15.5. The van der Waals surface area contributed by atoms with Crippen molar-refractivity contribution in [1.29, 1.82) is 0 Å². The van der Waals surface area contributed by atoms with E-state index in [2.05, 4.69) is 37.7 Å². The van der Waals surface area contributed by atoms with Crippen LogP contribution in [0.15, 0.2) is 0 Å². The summed E-state index contributed by atoms with van der Waals surface area (Å²) >= 11 is 0. The molecule has 0 saturated heterocycles. The van der Waals surface area contributed by atoms with Crippen LogP contribution in [-0.2, 0) is 0 Å². The summed E-state index contributed by atoms with van der Waals surface area (Å²) in [7, 11) is 4.22. The minimum atomic E-state index is -0.384. The van der Waals surface area contributed by atoms with E-state index in [9.17, 15) is 5.11 Å². The summed E-state index contributed by atoms with van der Waals surface area (Å²) in [5, 5.41) is 9.33. The lowest BCUT2D eigenvalue weighted by atomic mass is 9.92.